The third-order valence-corrected chi connectivity index (χ3v) is 2.66. The van der Waals surface area contributed by atoms with E-state index in [1.807, 2.05) is 0 Å². The molecule has 2 rings (SSSR count). The lowest BCUT2D eigenvalue weighted by Crippen LogP contribution is -2.30. The summed E-state index contributed by atoms with van der Waals surface area (Å²) < 4.78 is 0. The molecule has 0 spiro atoms. The highest BCUT2D eigenvalue weighted by atomic mass is 35.5. The number of imide groups is 1. The van der Waals surface area contributed by atoms with E-state index in [0.29, 0.717) is 24.1 Å². The van der Waals surface area contributed by atoms with Crippen molar-refractivity contribution in [2.75, 3.05) is 6.54 Å². The highest BCUT2D eigenvalue weighted by Crippen LogP contribution is 2.22. The number of rotatable bonds is 3. The van der Waals surface area contributed by atoms with Gasteiger partial charge in [-0.05, 0) is 18.6 Å². The Morgan fingerprint density at radius 3 is 2.19 bits per heavy atom. The Labute approximate surface area is 98.3 Å². The van der Waals surface area contributed by atoms with Gasteiger partial charge in [0.15, 0.2) is 0 Å². The SMILES string of the molecule is O=C1c2ccccc2C(=O)N1CC/C=C\Cl. The molecule has 0 unspecified atom stereocenters. The van der Waals surface area contributed by atoms with Crippen molar-refractivity contribution in [3.8, 4) is 0 Å². The Bertz CT molecular complexity index is 433. The molecule has 0 fully saturated rings. The summed E-state index contributed by atoms with van der Waals surface area (Å²) in [5, 5.41) is 0. The second kappa shape index (κ2) is 4.49. The molecule has 0 saturated carbocycles. The normalized spacial score (nSPS) is 14.9. The van der Waals surface area contributed by atoms with Crippen molar-refractivity contribution < 1.29 is 9.59 Å². The molecule has 2 amide bonds. The molecule has 3 nitrogen and oxygen atoms in total. The fourth-order valence-corrected chi connectivity index (χ4v) is 1.83. The van der Waals surface area contributed by atoms with Gasteiger partial charge in [0.1, 0.15) is 0 Å². The minimum absolute atomic E-state index is 0.219. The average Bonchev–Trinajstić information content (AvgIpc) is 2.55. The largest absolute Gasteiger partial charge is 0.274 e. The summed E-state index contributed by atoms with van der Waals surface area (Å²) in [7, 11) is 0. The van der Waals surface area contributed by atoms with Crippen LogP contribution in [0.1, 0.15) is 27.1 Å². The van der Waals surface area contributed by atoms with E-state index in [4.69, 9.17) is 11.6 Å². The Morgan fingerprint density at radius 2 is 1.69 bits per heavy atom. The lowest BCUT2D eigenvalue weighted by molar-refractivity contribution is 0.0657. The topological polar surface area (TPSA) is 37.4 Å². The maximum Gasteiger partial charge on any atom is 0.261 e. The molecule has 1 aromatic carbocycles. The summed E-state index contributed by atoms with van der Waals surface area (Å²) in [5.41, 5.74) is 2.36. The number of carbonyl (C=O) groups excluding carboxylic acids is 2. The second-order valence-electron chi connectivity index (χ2n) is 3.46. The number of carbonyl (C=O) groups is 2. The molecule has 0 saturated heterocycles. The van der Waals surface area contributed by atoms with E-state index >= 15 is 0 Å². The molecule has 0 aliphatic carbocycles. The van der Waals surface area contributed by atoms with E-state index in [1.165, 1.54) is 10.4 Å². The van der Waals surface area contributed by atoms with Crippen LogP contribution >= 0.6 is 11.6 Å². The molecule has 0 N–H and O–H groups in total. The van der Waals surface area contributed by atoms with Gasteiger partial charge in [0.2, 0.25) is 0 Å². The number of amides is 2. The van der Waals surface area contributed by atoms with E-state index in [9.17, 15) is 9.59 Å². The maximum absolute atomic E-state index is 11.8. The predicted molar refractivity (Wildman–Crippen MR) is 61.4 cm³/mol. The Hall–Kier alpha value is -1.61. The minimum Gasteiger partial charge on any atom is -0.274 e. The van der Waals surface area contributed by atoms with Gasteiger partial charge in [-0.2, -0.15) is 0 Å². The van der Waals surface area contributed by atoms with Crippen LogP contribution in [0.4, 0.5) is 0 Å². The third-order valence-electron chi connectivity index (χ3n) is 2.49. The molecule has 1 aliphatic rings. The van der Waals surface area contributed by atoms with Crippen LogP contribution in [0.25, 0.3) is 0 Å². The van der Waals surface area contributed by atoms with Crippen molar-refractivity contribution in [3.05, 3.63) is 47.0 Å². The molecular formula is C12H10ClNO2. The van der Waals surface area contributed by atoms with Crippen molar-refractivity contribution in [2.24, 2.45) is 0 Å². The molecule has 4 heteroatoms. The molecule has 0 aromatic heterocycles. The lowest BCUT2D eigenvalue weighted by atomic mass is 10.1. The van der Waals surface area contributed by atoms with Crippen molar-refractivity contribution >= 4 is 23.4 Å². The molecule has 16 heavy (non-hydrogen) atoms. The van der Waals surface area contributed by atoms with Crippen molar-refractivity contribution in [1.82, 2.24) is 4.90 Å². The van der Waals surface area contributed by atoms with Crippen LogP contribution in [0.3, 0.4) is 0 Å². The van der Waals surface area contributed by atoms with Gasteiger partial charge < -0.3 is 0 Å². The first-order valence-electron chi connectivity index (χ1n) is 4.96. The van der Waals surface area contributed by atoms with E-state index < -0.39 is 0 Å². The average molecular weight is 236 g/mol. The van der Waals surface area contributed by atoms with Crippen LogP contribution < -0.4 is 0 Å². The summed E-state index contributed by atoms with van der Waals surface area (Å²) in [4.78, 5) is 25.0. The highest BCUT2D eigenvalue weighted by molar-refractivity contribution is 6.25. The number of nitrogens with zero attached hydrogens (tertiary/aromatic N) is 1. The predicted octanol–water partition coefficient (Wildman–Crippen LogP) is 2.43. The lowest BCUT2D eigenvalue weighted by Gasteiger charge is -2.11. The summed E-state index contributed by atoms with van der Waals surface area (Å²) in [6, 6.07) is 6.86. The summed E-state index contributed by atoms with van der Waals surface area (Å²) in [6.45, 7) is 0.371. The first-order valence-corrected chi connectivity index (χ1v) is 5.40. The maximum atomic E-state index is 11.8. The Morgan fingerprint density at radius 1 is 1.12 bits per heavy atom. The molecule has 0 radical (unpaired) electrons. The molecule has 0 atom stereocenters. The van der Waals surface area contributed by atoms with Crippen LogP contribution in [0, 0.1) is 0 Å². The fraction of sp³-hybridized carbons (Fsp3) is 0.167. The summed E-state index contributed by atoms with van der Waals surface area (Å²) >= 11 is 5.38. The molecule has 82 valence electrons. The Kier molecular flexibility index (Phi) is 3.06. The minimum atomic E-state index is -0.219. The van der Waals surface area contributed by atoms with Gasteiger partial charge in [0.05, 0.1) is 11.1 Å². The number of fused-ring (bicyclic) bond motifs is 1. The first-order chi connectivity index (χ1) is 7.75. The zero-order chi connectivity index (χ0) is 11.5. The number of hydrogen-bond donors (Lipinski definition) is 0. The van der Waals surface area contributed by atoms with E-state index in [2.05, 4.69) is 0 Å². The van der Waals surface area contributed by atoms with Crippen LogP contribution in [0.2, 0.25) is 0 Å². The monoisotopic (exact) mass is 235 g/mol. The fourth-order valence-electron chi connectivity index (χ4n) is 1.71. The van der Waals surface area contributed by atoms with E-state index in [0.717, 1.165) is 0 Å². The quantitative estimate of drug-likeness (QED) is 0.755. The van der Waals surface area contributed by atoms with Gasteiger partial charge in [0, 0.05) is 12.1 Å². The summed E-state index contributed by atoms with van der Waals surface area (Å²) in [5.74, 6) is -0.438. The van der Waals surface area contributed by atoms with Gasteiger partial charge in [-0.3, -0.25) is 14.5 Å². The van der Waals surface area contributed by atoms with E-state index in [-0.39, 0.29) is 11.8 Å². The number of hydrogen-bond acceptors (Lipinski definition) is 2. The molecular weight excluding hydrogens is 226 g/mol. The summed E-state index contributed by atoms with van der Waals surface area (Å²) in [6.07, 6.45) is 2.29. The standard InChI is InChI=1S/C12H10ClNO2/c13-7-3-4-8-14-11(15)9-5-1-2-6-10(9)12(14)16/h1-3,5-7H,4,8H2/b7-3-. The van der Waals surface area contributed by atoms with Gasteiger partial charge in [-0.25, -0.2) is 0 Å². The molecule has 1 aliphatic heterocycles. The number of halogens is 1. The first kappa shape index (κ1) is 10.9. The van der Waals surface area contributed by atoms with Crippen molar-refractivity contribution in [2.45, 2.75) is 6.42 Å². The van der Waals surface area contributed by atoms with Crippen LogP contribution in [-0.2, 0) is 0 Å². The van der Waals surface area contributed by atoms with Crippen molar-refractivity contribution in [1.29, 1.82) is 0 Å². The molecule has 1 aromatic rings. The van der Waals surface area contributed by atoms with Crippen LogP contribution in [0.5, 0.6) is 0 Å². The zero-order valence-corrected chi connectivity index (χ0v) is 9.28. The van der Waals surface area contributed by atoms with Gasteiger partial charge in [-0.1, -0.05) is 29.8 Å². The van der Waals surface area contributed by atoms with Gasteiger partial charge >= 0.3 is 0 Å². The van der Waals surface area contributed by atoms with E-state index in [1.54, 1.807) is 30.3 Å². The zero-order valence-electron chi connectivity index (χ0n) is 8.52. The van der Waals surface area contributed by atoms with Crippen molar-refractivity contribution in [3.63, 3.8) is 0 Å². The smallest absolute Gasteiger partial charge is 0.261 e. The highest BCUT2D eigenvalue weighted by Gasteiger charge is 2.34. The third kappa shape index (κ3) is 1.74. The van der Waals surface area contributed by atoms with Gasteiger partial charge in [0.25, 0.3) is 11.8 Å². The molecule has 0 bridgehead atoms. The van der Waals surface area contributed by atoms with Gasteiger partial charge in [-0.15, -0.1) is 0 Å². The van der Waals surface area contributed by atoms with Crippen LogP contribution in [-0.4, -0.2) is 23.3 Å². The molecule has 1 heterocycles. The van der Waals surface area contributed by atoms with Crippen LogP contribution in [0.15, 0.2) is 35.9 Å². The Balaban J connectivity index is 2.21. The second-order valence-corrected chi connectivity index (χ2v) is 3.71. The number of benzene rings is 1.